The summed E-state index contributed by atoms with van der Waals surface area (Å²) in [5, 5.41) is 10.6. The summed E-state index contributed by atoms with van der Waals surface area (Å²) >= 11 is 0. The zero-order valence-electron chi connectivity index (χ0n) is 62.3. The zero-order chi connectivity index (χ0) is 70.3. The molecule has 0 aliphatic rings. The van der Waals surface area contributed by atoms with E-state index in [-0.39, 0.29) is 25.7 Å². The third-order valence-electron chi connectivity index (χ3n) is 17.9. The van der Waals surface area contributed by atoms with Gasteiger partial charge >= 0.3 is 39.5 Å². The fourth-order valence-corrected chi connectivity index (χ4v) is 13.1. The number of hydrogen-bond acceptors (Lipinski definition) is 15. The monoisotopic (exact) mass is 1400 g/mol. The normalized spacial score (nSPS) is 14.4. The maximum Gasteiger partial charge on any atom is 0.472 e. The van der Waals surface area contributed by atoms with E-state index in [4.69, 9.17) is 37.0 Å². The Bertz CT molecular complexity index is 1870. The fraction of sp³-hybridized carbons (Fsp3) is 0.947. The zero-order valence-corrected chi connectivity index (χ0v) is 64.1. The second-order valence-corrected chi connectivity index (χ2v) is 32.0. The van der Waals surface area contributed by atoms with Crippen molar-refractivity contribution in [2.45, 2.75) is 401 Å². The molecular weight excluding hydrogens is 1250 g/mol. The van der Waals surface area contributed by atoms with Crippen LogP contribution in [0, 0.1) is 23.7 Å². The molecule has 6 atom stereocenters. The third kappa shape index (κ3) is 69.0. The molecule has 0 amide bonds. The summed E-state index contributed by atoms with van der Waals surface area (Å²) in [5.74, 6) is 0.968. The van der Waals surface area contributed by atoms with Gasteiger partial charge < -0.3 is 33.8 Å². The molecule has 3 N–H and O–H groups in total. The number of hydrogen-bond donors (Lipinski definition) is 3. The average Bonchev–Trinajstić information content (AvgIpc) is 1.99. The number of unbranched alkanes of at least 4 members (excludes halogenated alkanes) is 38. The maximum atomic E-state index is 13.1. The van der Waals surface area contributed by atoms with Crippen LogP contribution in [-0.4, -0.2) is 96.7 Å². The van der Waals surface area contributed by atoms with Crippen LogP contribution in [0.2, 0.25) is 0 Å². The lowest BCUT2D eigenvalue weighted by Gasteiger charge is -2.21. The Labute approximate surface area is 581 Å². The molecule has 0 heterocycles. The van der Waals surface area contributed by atoms with Crippen LogP contribution in [0.15, 0.2) is 0 Å². The first-order valence-corrected chi connectivity index (χ1v) is 42.2. The highest BCUT2D eigenvalue weighted by molar-refractivity contribution is 7.47. The van der Waals surface area contributed by atoms with E-state index < -0.39 is 97.5 Å². The van der Waals surface area contributed by atoms with Gasteiger partial charge in [-0.15, -0.1) is 0 Å². The summed E-state index contributed by atoms with van der Waals surface area (Å²) in [4.78, 5) is 72.8. The Kier molecular flexibility index (Phi) is 64.0. The van der Waals surface area contributed by atoms with Crippen LogP contribution >= 0.6 is 15.6 Å². The number of ether oxygens (including phenoxy) is 4. The van der Waals surface area contributed by atoms with Gasteiger partial charge in [-0.25, -0.2) is 9.13 Å². The molecule has 0 bridgehead atoms. The van der Waals surface area contributed by atoms with Gasteiger partial charge in [0.05, 0.1) is 26.4 Å². The molecule has 0 aromatic carbocycles. The van der Waals surface area contributed by atoms with E-state index in [9.17, 15) is 43.2 Å². The Hall–Kier alpha value is -1.94. The van der Waals surface area contributed by atoms with Crippen molar-refractivity contribution in [3.63, 3.8) is 0 Å². The molecule has 0 fully saturated rings. The molecule has 0 rings (SSSR count). The predicted molar refractivity (Wildman–Crippen MR) is 386 cm³/mol. The van der Waals surface area contributed by atoms with E-state index in [2.05, 4.69) is 55.4 Å². The van der Waals surface area contributed by atoms with Gasteiger partial charge in [-0.2, -0.15) is 0 Å². The number of rotatable bonds is 73. The smallest absolute Gasteiger partial charge is 0.462 e. The first-order chi connectivity index (χ1) is 45.6. The van der Waals surface area contributed by atoms with Crippen molar-refractivity contribution in [2.75, 3.05) is 39.6 Å². The molecular formula is C76H148O17P2. The lowest BCUT2D eigenvalue weighted by atomic mass is 9.99. The van der Waals surface area contributed by atoms with Crippen molar-refractivity contribution in [2.24, 2.45) is 23.7 Å². The lowest BCUT2D eigenvalue weighted by Crippen LogP contribution is -2.30. The lowest BCUT2D eigenvalue weighted by molar-refractivity contribution is -0.161. The predicted octanol–water partition coefficient (Wildman–Crippen LogP) is 22.0. The Balaban J connectivity index is 5.27. The number of carbonyl (C=O) groups excluding carboxylic acids is 4. The first-order valence-electron chi connectivity index (χ1n) is 39.2. The van der Waals surface area contributed by atoms with Crippen LogP contribution in [0.4, 0.5) is 0 Å². The van der Waals surface area contributed by atoms with E-state index in [1.54, 1.807) is 0 Å². The standard InChI is InChI=1S/C76H148O17P2/c1-9-69(8)55-47-39-31-22-18-19-25-35-43-51-59-76(81)93-72(63-87-74(79)57-49-41-33-27-26-30-38-46-54-68(6)7)65-91-95(84,85)89-61-70(77)60-88-94(82,83)90-64-71(92-75(80)58-50-42-34-24-17-13-11-15-21-29-37-45-53-67(4)5)62-86-73(78)56-48-40-32-23-16-12-10-14-20-28-36-44-52-66(2)3/h66-72,77H,9-65H2,1-8H3,(H,82,83)(H,84,85)/t69?,70-,71-,72-/m1/s1. The molecule has 17 nitrogen and oxygen atoms in total. The van der Waals surface area contributed by atoms with Gasteiger partial charge in [0.25, 0.3) is 0 Å². The van der Waals surface area contributed by atoms with Crippen LogP contribution in [0.5, 0.6) is 0 Å². The number of phosphoric acid groups is 2. The largest absolute Gasteiger partial charge is 0.472 e. The molecule has 0 aliphatic heterocycles. The summed E-state index contributed by atoms with van der Waals surface area (Å²) in [5.41, 5.74) is 0. The summed E-state index contributed by atoms with van der Waals surface area (Å²) < 4.78 is 68.6. The minimum atomic E-state index is -4.96. The SMILES string of the molecule is CCC(C)CCCCCCCCCCCCC(=O)O[C@H](COC(=O)CCCCCCCCCCC(C)C)COP(=O)(O)OC[C@H](O)COP(=O)(O)OC[C@@H](COC(=O)CCCCCCCCCCCCCCC(C)C)OC(=O)CCCCCCCCCCCCCCC(C)C. The second-order valence-electron chi connectivity index (χ2n) is 29.1. The maximum absolute atomic E-state index is 13.1. The van der Waals surface area contributed by atoms with Gasteiger partial charge in [0.2, 0.25) is 0 Å². The van der Waals surface area contributed by atoms with Crippen molar-refractivity contribution in [1.29, 1.82) is 0 Å². The highest BCUT2D eigenvalue weighted by Gasteiger charge is 2.30. The molecule has 95 heavy (non-hydrogen) atoms. The third-order valence-corrected chi connectivity index (χ3v) is 19.8. The van der Waals surface area contributed by atoms with Crippen molar-refractivity contribution in [3.05, 3.63) is 0 Å². The number of carbonyl (C=O) groups is 4. The topological polar surface area (TPSA) is 237 Å². The van der Waals surface area contributed by atoms with Crippen LogP contribution in [-0.2, 0) is 65.4 Å². The number of esters is 4. The van der Waals surface area contributed by atoms with E-state index in [1.807, 2.05) is 0 Å². The van der Waals surface area contributed by atoms with E-state index >= 15 is 0 Å². The Morgan fingerprint density at radius 3 is 0.747 bits per heavy atom. The first kappa shape index (κ1) is 93.1. The fourth-order valence-electron chi connectivity index (χ4n) is 11.5. The van der Waals surface area contributed by atoms with E-state index in [1.165, 1.54) is 186 Å². The number of aliphatic hydroxyl groups excluding tert-OH is 1. The molecule has 19 heteroatoms. The van der Waals surface area contributed by atoms with Gasteiger partial charge in [0.1, 0.15) is 19.3 Å². The molecule has 564 valence electrons. The van der Waals surface area contributed by atoms with Crippen molar-refractivity contribution >= 4 is 39.5 Å². The number of phosphoric ester groups is 2. The highest BCUT2D eigenvalue weighted by Crippen LogP contribution is 2.45. The van der Waals surface area contributed by atoms with Crippen LogP contribution in [0.25, 0.3) is 0 Å². The van der Waals surface area contributed by atoms with Gasteiger partial charge in [0.15, 0.2) is 12.2 Å². The second kappa shape index (κ2) is 65.4. The summed E-state index contributed by atoms with van der Waals surface area (Å²) in [7, 11) is -9.91. The summed E-state index contributed by atoms with van der Waals surface area (Å²) in [6.45, 7) is 14.2. The van der Waals surface area contributed by atoms with Gasteiger partial charge in [-0.3, -0.25) is 37.3 Å². The molecule has 0 saturated carbocycles. The van der Waals surface area contributed by atoms with E-state index in [0.29, 0.717) is 25.7 Å². The molecule has 3 unspecified atom stereocenters. The molecule has 0 saturated heterocycles. The summed E-state index contributed by atoms with van der Waals surface area (Å²) in [6, 6.07) is 0. The van der Waals surface area contributed by atoms with Crippen LogP contribution < -0.4 is 0 Å². The van der Waals surface area contributed by atoms with Crippen LogP contribution in [0.1, 0.15) is 383 Å². The van der Waals surface area contributed by atoms with E-state index in [0.717, 1.165) is 114 Å². The highest BCUT2D eigenvalue weighted by atomic mass is 31.2. The van der Waals surface area contributed by atoms with Gasteiger partial charge in [0, 0.05) is 25.7 Å². The minimum Gasteiger partial charge on any atom is -0.462 e. The number of aliphatic hydroxyl groups is 1. The Morgan fingerprint density at radius 2 is 0.505 bits per heavy atom. The molecule has 0 spiro atoms. The van der Waals surface area contributed by atoms with Gasteiger partial charge in [-0.05, 0) is 49.4 Å². The minimum absolute atomic E-state index is 0.105. The molecule has 0 radical (unpaired) electrons. The van der Waals surface area contributed by atoms with Crippen LogP contribution in [0.3, 0.4) is 0 Å². The summed E-state index contributed by atoms with van der Waals surface area (Å²) in [6.07, 6.45) is 49.8. The molecule has 0 aliphatic carbocycles. The van der Waals surface area contributed by atoms with Crippen molar-refractivity contribution in [3.8, 4) is 0 Å². The van der Waals surface area contributed by atoms with Gasteiger partial charge in [-0.1, -0.05) is 331 Å². The average molecular weight is 1400 g/mol. The quantitative estimate of drug-likeness (QED) is 0.0222. The molecule has 0 aromatic heterocycles. The Morgan fingerprint density at radius 1 is 0.295 bits per heavy atom. The molecule has 0 aromatic rings. The van der Waals surface area contributed by atoms with Crippen molar-refractivity contribution < 1.29 is 80.2 Å². The van der Waals surface area contributed by atoms with Crippen molar-refractivity contribution in [1.82, 2.24) is 0 Å².